The van der Waals surface area contributed by atoms with Crippen molar-refractivity contribution >= 4 is 28.3 Å². The zero-order chi connectivity index (χ0) is 12.6. The van der Waals surface area contributed by atoms with Gasteiger partial charge >= 0.3 is 5.97 Å². The van der Waals surface area contributed by atoms with Crippen LogP contribution in [0.25, 0.3) is 10.8 Å². The summed E-state index contributed by atoms with van der Waals surface area (Å²) >= 11 is 5.75. The lowest BCUT2D eigenvalue weighted by atomic mass is 10.1. The molecule has 0 amide bonds. The van der Waals surface area contributed by atoms with Crippen molar-refractivity contribution in [1.82, 2.24) is 4.98 Å². The van der Waals surface area contributed by atoms with Crippen LogP contribution in [0.15, 0.2) is 24.3 Å². The first-order chi connectivity index (χ1) is 7.99. The van der Waals surface area contributed by atoms with Gasteiger partial charge in [0.15, 0.2) is 0 Å². The average molecular weight is 258 g/mol. The number of hydrogen-bond acceptors (Lipinski definition) is 2. The topological polar surface area (TPSA) is 50.2 Å². The number of benzene rings is 1. The van der Waals surface area contributed by atoms with E-state index in [-0.39, 0.29) is 10.7 Å². The lowest BCUT2D eigenvalue weighted by molar-refractivity contribution is 0.0697. The minimum absolute atomic E-state index is 0.0333. The van der Waals surface area contributed by atoms with Crippen molar-refractivity contribution in [2.45, 2.75) is 6.43 Å². The van der Waals surface area contributed by atoms with Gasteiger partial charge < -0.3 is 5.11 Å². The van der Waals surface area contributed by atoms with Crippen LogP contribution in [0, 0.1) is 0 Å². The van der Waals surface area contributed by atoms with Crippen molar-refractivity contribution in [3.05, 3.63) is 40.7 Å². The third-order valence-corrected chi connectivity index (χ3v) is 2.56. The number of carbonyl (C=O) groups is 1. The van der Waals surface area contributed by atoms with Gasteiger partial charge in [0, 0.05) is 5.39 Å². The van der Waals surface area contributed by atoms with E-state index in [2.05, 4.69) is 4.98 Å². The third kappa shape index (κ3) is 2.19. The zero-order valence-corrected chi connectivity index (χ0v) is 9.08. The minimum atomic E-state index is -2.71. The quantitative estimate of drug-likeness (QED) is 0.838. The summed E-state index contributed by atoms with van der Waals surface area (Å²) in [5.74, 6) is -1.11. The molecular formula is C11H6ClF2NO2. The van der Waals surface area contributed by atoms with Gasteiger partial charge in [-0.3, -0.25) is 0 Å². The molecule has 0 saturated heterocycles. The van der Waals surface area contributed by atoms with E-state index in [4.69, 9.17) is 16.7 Å². The number of halogens is 3. The molecule has 3 nitrogen and oxygen atoms in total. The fraction of sp³-hybridized carbons (Fsp3) is 0.0909. The molecule has 0 saturated carbocycles. The van der Waals surface area contributed by atoms with Crippen molar-refractivity contribution in [2.75, 3.05) is 0 Å². The molecule has 0 unspecified atom stereocenters. The molecule has 1 aromatic heterocycles. The van der Waals surface area contributed by atoms with Gasteiger partial charge in [-0.15, -0.1) is 0 Å². The van der Waals surface area contributed by atoms with E-state index in [1.165, 1.54) is 24.3 Å². The van der Waals surface area contributed by atoms with E-state index < -0.39 is 18.1 Å². The SMILES string of the molecule is O=C(O)c1ccc2cc(C(F)F)nc(Cl)c2c1. The van der Waals surface area contributed by atoms with Crippen LogP contribution in [-0.2, 0) is 0 Å². The first-order valence-corrected chi connectivity index (χ1v) is 4.98. The monoisotopic (exact) mass is 257 g/mol. The van der Waals surface area contributed by atoms with Gasteiger partial charge in [-0.2, -0.15) is 0 Å². The number of aromatic nitrogens is 1. The van der Waals surface area contributed by atoms with Crippen LogP contribution in [0.2, 0.25) is 5.15 Å². The second-order valence-electron chi connectivity index (χ2n) is 3.38. The van der Waals surface area contributed by atoms with Gasteiger partial charge in [-0.25, -0.2) is 18.6 Å². The van der Waals surface area contributed by atoms with Crippen LogP contribution in [-0.4, -0.2) is 16.1 Å². The largest absolute Gasteiger partial charge is 0.478 e. The van der Waals surface area contributed by atoms with Crippen molar-refractivity contribution in [3.63, 3.8) is 0 Å². The van der Waals surface area contributed by atoms with Gasteiger partial charge in [0.1, 0.15) is 10.8 Å². The number of carboxylic acids is 1. The molecular weight excluding hydrogens is 252 g/mol. The fourth-order valence-electron chi connectivity index (χ4n) is 1.47. The fourth-order valence-corrected chi connectivity index (χ4v) is 1.73. The molecule has 1 heterocycles. The molecule has 2 rings (SSSR count). The predicted octanol–water partition coefficient (Wildman–Crippen LogP) is 3.52. The zero-order valence-electron chi connectivity index (χ0n) is 8.32. The molecule has 1 N–H and O–H groups in total. The highest BCUT2D eigenvalue weighted by Crippen LogP contribution is 2.27. The van der Waals surface area contributed by atoms with Crippen molar-refractivity contribution in [2.24, 2.45) is 0 Å². The molecule has 0 bridgehead atoms. The normalized spacial score (nSPS) is 11.1. The summed E-state index contributed by atoms with van der Waals surface area (Å²) in [4.78, 5) is 14.3. The van der Waals surface area contributed by atoms with Gasteiger partial charge in [0.2, 0.25) is 0 Å². The molecule has 1 aromatic carbocycles. The second-order valence-corrected chi connectivity index (χ2v) is 3.74. The number of hydrogen-bond donors (Lipinski definition) is 1. The molecule has 2 aromatic rings. The number of pyridine rings is 1. The van der Waals surface area contributed by atoms with Gasteiger partial charge in [-0.05, 0) is 23.6 Å². The summed E-state index contributed by atoms with van der Waals surface area (Å²) in [5.41, 5.74) is -0.392. The standard InChI is InChI=1S/C11H6ClF2NO2/c12-9-7-3-6(11(16)17)2-1-5(7)4-8(15-9)10(13)14/h1-4,10H,(H,16,17). The van der Waals surface area contributed by atoms with Crippen LogP contribution in [0.4, 0.5) is 8.78 Å². The van der Waals surface area contributed by atoms with Crippen molar-refractivity contribution in [1.29, 1.82) is 0 Å². The molecule has 17 heavy (non-hydrogen) atoms. The Morgan fingerprint density at radius 3 is 2.65 bits per heavy atom. The van der Waals surface area contributed by atoms with E-state index in [1.54, 1.807) is 0 Å². The summed E-state index contributed by atoms with van der Waals surface area (Å²) in [5, 5.41) is 9.45. The second kappa shape index (κ2) is 4.25. The average Bonchev–Trinajstić information content (AvgIpc) is 2.28. The lowest BCUT2D eigenvalue weighted by Crippen LogP contribution is -1.97. The number of carboxylic acid groups (broad SMARTS) is 1. The van der Waals surface area contributed by atoms with E-state index in [9.17, 15) is 13.6 Å². The van der Waals surface area contributed by atoms with Crippen molar-refractivity contribution in [3.8, 4) is 0 Å². The Kier molecular flexibility index (Phi) is 2.93. The van der Waals surface area contributed by atoms with Crippen molar-refractivity contribution < 1.29 is 18.7 Å². The molecule has 0 aliphatic rings. The Bertz CT molecular complexity index is 601. The summed E-state index contributed by atoms with van der Waals surface area (Å²) in [6, 6.07) is 5.26. The van der Waals surface area contributed by atoms with E-state index in [1.807, 2.05) is 0 Å². The smallest absolute Gasteiger partial charge is 0.335 e. The number of fused-ring (bicyclic) bond motifs is 1. The van der Waals surface area contributed by atoms with Gasteiger partial charge in [-0.1, -0.05) is 17.7 Å². The summed E-state index contributed by atoms with van der Waals surface area (Å²) in [6.07, 6.45) is -2.71. The molecule has 6 heteroatoms. The van der Waals surface area contributed by atoms with Crippen LogP contribution >= 0.6 is 11.6 Å². The Morgan fingerprint density at radius 1 is 1.35 bits per heavy atom. The Balaban J connectivity index is 2.68. The first-order valence-electron chi connectivity index (χ1n) is 4.60. The summed E-state index contributed by atoms with van der Waals surface area (Å²) in [7, 11) is 0. The molecule has 0 radical (unpaired) electrons. The summed E-state index contributed by atoms with van der Waals surface area (Å²) in [6.45, 7) is 0. The van der Waals surface area contributed by atoms with E-state index >= 15 is 0 Å². The number of nitrogens with zero attached hydrogens (tertiary/aromatic N) is 1. The summed E-state index contributed by atoms with van der Waals surface area (Å²) < 4.78 is 24.9. The number of rotatable bonds is 2. The minimum Gasteiger partial charge on any atom is -0.478 e. The lowest BCUT2D eigenvalue weighted by Gasteiger charge is -2.05. The molecule has 0 spiro atoms. The van der Waals surface area contributed by atoms with Crippen LogP contribution in [0.3, 0.4) is 0 Å². The molecule has 0 fully saturated rings. The maximum atomic E-state index is 12.5. The highest BCUT2D eigenvalue weighted by molar-refractivity contribution is 6.34. The molecule has 0 aliphatic heterocycles. The third-order valence-electron chi connectivity index (χ3n) is 2.28. The predicted molar refractivity (Wildman–Crippen MR) is 58.7 cm³/mol. The highest BCUT2D eigenvalue weighted by atomic mass is 35.5. The van der Waals surface area contributed by atoms with Crippen LogP contribution < -0.4 is 0 Å². The van der Waals surface area contributed by atoms with E-state index in [0.29, 0.717) is 10.8 Å². The Hall–Kier alpha value is -1.75. The number of alkyl halides is 2. The molecule has 88 valence electrons. The van der Waals surface area contributed by atoms with Gasteiger partial charge in [0.05, 0.1) is 5.56 Å². The number of aromatic carboxylic acids is 1. The maximum Gasteiger partial charge on any atom is 0.335 e. The Labute approximate surface area is 99.7 Å². The van der Waals surface area contributed by atoms with Crippen LogP contribution in [0.5, 0.6) is 0 Å². The highest BCUT2D eigenvalue weighted by Gasteiger charge is 2.13. The first kappa shape index (κ1) is 11.7. The van der Waals surface area contributed by atoms with Crippen LogP contribution in [0.1, 0.15) is 22.5 Å². The molecule has 0 atom stereocenters. The van der Waals surface area contributed by atoms with Gasteiger partial charge in [0.25, 0.3) is 6.43 Å². The van der Waals surface area contributed by atoms with E-state index in [0.717, 1.165) is 0 Å². The molecule has 0 aliphatic carbocycles. The Morgan fingerprint density at radius 2 is 2.06 bits per heavy atom. The maximum absolute atomic E-state index is 12.5.